The number of rotatable bonds is 9. The molecule has 1 fully saturated rings. The Morgan fingerprint density at radius 3 is 2.45 bits per heavy atom. The lowest BCUT2D eigenvalue weighted by Gasteiger charge is -2.32. The number of nitrogens with one attached hydrogen (secondary N) is 2. The molecule has 1 aliphatic heterocycles. The zero-order chi connectivity index (χ0) is 23.8. The third-order valence-corrected chi connectivity index (χ3v) is 7.02. The predicted molar refractivity (Wildman–Crippen MR) is 127 cm³/mol. The SMILES string of the molecule is COCCCNC(=O)[C@@H]1CCCN(C(=O)c2ccc(NS(=O)(=O)c3ccc(C)cc3)cc2)C1. The number of hydrogen-bond donors (Lipinski definition) is 2. The minimum atomic E-state index is -3.71. The van der Waals surface area contributed by atoms with Crippen LogP contribution in [0.3, 0.4) is 0 Å². The lowest BCUT2D eigenvalue weighted by molar-refractivity contribution is -0.126. The van der Waals surface area contributed by atoms with Crippen LogP contribution in [0.1, 0.15) is 35.2 Å². The van der Waals surface area contributed by atoms with Crippen molar-refractivity contribution in [2.75, 3.05) is 38.1 Å². The molecule has 3 rings (SSSR count). The smallest absolute Gasteiger partial charge is 0.261 e. The first-order chi connectivity index (χ1) is 15.8. The van der Waals surface area contributed by atoms with Gasteiger partial charge in [0, 0.05) is 44.6 Å². The molecule has 0 radical (unpaired) electrons. The summed E-state index contributed by atoms with van der Waals surface area (Å²) < 4.78 is 32.6. The minimum Gasteiger partial charge on any atom is -0.385 e. The fraction of sp³-hybridized carbons (Fsp3) is 0.417. The van der Waals surface area contributed by atoms with Crippen molar-refractivity contribution in [2.24, 2.45) is 5.92 Å². The van der Waals surface area contributed by atoms with Crippen LogP contribution in [-0.2, 0) is 19.6 Å². The molecule has 33 heavy (non-hydrogen) atoms. The van der Waals surface area contributed by atoms with Gasteiger partial charge in [0.05, 0.1) is 10.8 Å². The number of likely N-dealkylation sites (tertiary alicyclic amines) is 1. The maximum absolute atomic E-state index is 13.0. The largest absolute Gasteiger partial charge is 0.385 e. The second-order valence-electron chi connectivity index (χ2n) is 8.22. The summed E-state index contributed by atoms with van der Waals surface area (Å²) in [5.41, 5.74) is 1.80. The van der Waals surface area contributed by atoms with Crippen molar-refractivity contribution in [3.8, 4) is 0 Å². The summed E-state index contributed by atoms with van der Waals surface area (Å²) in [7, 11) is -2.09. The Kier molecular flexibility index (Phi) is 8.46. The topological polar surface area (TPSA) is 105 Å². The number of ether oxygens (including phenoxy) is 1. The number of nitrogens with zero attached hydrogens (tertiary/aromatic N) is 1. The van der Waals surface area contributed by atoms with Crippen LogP contribution in [0, 0.1) is 12.8 Å². The van der Waals surface area contributed by atoms with Crippen molar-refractivity contribution >= 4 is 27.5 Å². The number of aryl methyl sites for hydroxylation is 1. The number of benzene rings is 2. The molecule has 0 saturated carbocycles. The molecule has 2 aromatic carbocycles. The van der Waals surface area contributed by atoms with Crippen LogP contribution in [-0.4, -0.2) is 58.5 Å². The number of hydrogen-bond acceptors (Lipinski definition) is 5. The molecular weight excluding hydrogens is 442 g/mol. The Morgan fingerprint density at radius 2 is 1.79 bits per heavy atom. The van der Waals surface area contributed by atoms with Gasteiger partial charge in [-0.1, -0.05) is 17.7 Å². The van der Waals surface area contributed by atoms with Gasteiger partial charge in [0.1, 0.15) is 0 Å². The molecule has 0 spiro atoms. The van der Waals surface area contributed by atoms with Gasteiger partial charge in [-0.25, -0.2) is 8.42 Å². The molecule has 2 amide bonds. The molecule has 0 aromatic heterocycles. The van der Waals surface area contributed by atoms with Crippen molar-refractivity contribution in [2.45, 2.75) is 31.1 Å². The van der Waals surface area contributed by atoms with Crippen LogP contribution < -0.4 is 10.0 Å². The van der Waals surface area contributed by atoms with E-state index in [1.54, 1.807) is 60.5 Å². The van der Waals surface area contributed by atoms with Crippen LogP contribution >= 0.6 is 0 Å². The maximum Gasteiger partial charge on any atom is 0.261 e. The summed E-state index contributed by atoms with van der Waals surface area (Å²) in [5, 5.41) is 2.91. The lowest BCUT2D eigenvalue weighted by Crippen LogP contribution is -2.45. The molecule has 0 unspecified atom stereocenters. The standard InChI is InChI=1S/C24H31N3O5S/c1-18-6-12-22(13-7-18)33(30,31)26-21-10-8-19(9-11-21)24(29)27-15-3-5-20(17-27)23(28)25-14-4-16-32-2/h6-13,20,26H,3-5,14-17H2,1-2H3,(H,25,28)/t20-/m1/s1. The summed E-state index contributed by atoms with van der Waals surface area (Å²) in [4.78, 5) is 27.2. The molecule has 1 saturated heterocycles. The monoisotopic (exact) mass is 473 g/mol. The van der Waals surface area contributed by atoms with Gasteiger partial charge in [-0.2, -0.15) is 0 Å². The van der Waals surface area contributed by atoms with Gasteiger partial charge in [0.15, 0.2) is 0 Å². The maximum atomic E-state index is 13.0. The number of carbonyl (C=O) groups excluding carboxylic acids is 2. The Balaban J connectivity index is 1.59. The van der Waals surface area contributed by atoms with Gasteiger partial charge in [0.2, 0.25) is 5.91 Å². The van der Waals surface area contributed by atoms with Crippen molar-refractivity contribution in [1.82, 2.24) is 10.2 Å². The molecule has 2 N–H and O–H groups in total. The zero-order valence-electron chi connectivity index (χ0n) is 19.0. The van der Waals surface area contributed by atoms with Crippen LogP contribution in [0.15, 0.2) is 53.4 Å². The quantitative estimate of drug-likeness (QED) is 0.545. The van der Waals surface area contributed by atoms with E-state index in [0.717, 1.165) is 24.8 Å². The first kappa shape index (κ1) is 24.7. The van der Waals surface area contributed by atoms with E-state index in [-0.39, 0.29) is 22.6 Å². The number of methoxy groups -OCH3 is 1. The summed E-state index contributed by atoms with van der Waals surface area (Å²) in [5.74, 6) is -0.435. The predicted octanol–water partition coefficient (Wildman–Crippen LogP) is 2.80. The molecule has 9 heteroatoms. The van der Waals surface area contributed by atoms with Crippen LogP contribution in [0.5, 0.6) is 0 Å². The van der Waals surface area contributed by atoms with E-state index in [0.29, 0.717) is 37.5 Å². The average molecular weight is 474 g/mol. The summed E-state index contributed by atoms with van der Waals surface area (Å²) >= 11 is 0. The van der Waals surface area contributed by atoms with Gasteiger partial charge < -0.3 is 15.0 Å². The highest BCUT2D eigenvalue weighted by molar-refractivity contribution is 7.92. The van der Waals surface area contributed by atoms with Gasteiger partial charge in [0.25, 0.3) is 15.9 Å². The molecule has 1 aliphatic rings. The van der Waals surface area contributed by atoms with Crippen molar-refractivity contribution in [3.05, 3.63) is 59.7 Å². The molecule has 1 heterocycles. The van der Waals surface area contributed by atoms with Gasteiger partial charge >= 0.3 is 0 Å². The van der Waals surface area contributed by atoms with E-state index >= 15 is 0 Å². The van der Waals surface area contributed by atoms with E-state index in [4.69, 9.17) is 4.74 Å². The third-order valence-electron chi connectivity index (χ3n) is 5.62. The number of sulfonamides is 1. The molecule has 8 nitrogen and oxygen atoms in total. The first-order valence-corrected chi connectivity index (χ1v) is 12.5. The minimum absolute atomic E-state index is 0.0375. The number of carbonyl (C=O) groups is 2. The normalized spacial score (nSPS) is 16.3. The summed E-state index contributed by atoms with van der Waals surface area (Å²) in [6.45, 7) is 3.99. The molecule has 2 aromatic rings. The molecule has 178 valence electrons. The van der Waals surface area contributed by atoms with E-state index in [2.05, 4.69) is 10.0 Å². The number of piperidine rings is 1. The van der Waals surface area contributed by atoms with Gasteiger partial charge in [-0.05, 0) is 62.6 Å². The molecule has 0 aliphatic carbocycles. The van der Waals surface area contributed by atoms with Crippen molar-refractivity contribution in [1.29, 1.82) is 0 Å². The Hall–Kier alpha value is -2.91. The lowest BCUT2D eigenvalue weighted by atomic mass is 9.96. The van der Waals surface area contributed by atoms with Crippen LogP contribution in [0.4, 0.5) is 5.69 Å². The van der Waals surface area contributed by atoms with Crippen molar-refractivity contribution in [3.63, 3.8) is 0 Å². The van der Waals surface area contributed by atoms with Crippen LogP contribution in [0.25, 0.3) is 0 Å². The van der Waals surface area contributed by atoms with E-state index in [1.165, 1.54) is 0 Å². The molecule has 0 bridgehead atoms. The summed E-state index contributed by atoms with van der Waals surface area (Å²) in [6, 6.07) is 12.9. The number of anilines is 1. The fourth-order valence-electron chi connectivity index (χ4n) is 3.74. The van der Waals surface area contributed by atoms with Crippen molar-refractivity contribution < 1.29 is 22.7 Å². The zero-order valence-corrected chi connectivity index (χ0v) is 19.9. The highest BCUT2D eigenvalue weighted by atomic mass is 32.2. The summed E-state index contributed by atoms with van der Waals surface area (Å²) in [6.07, 6.45) is 2.26. The first-order valence-electron chi connectivity index (χ1n) is 11.1. The highest BCUT2D eigenvalue weighted by Gasteiger charge is 2.28. The molecule has 1 atom stereocenters. The fourth-order valence-corrected chi connectivity index (χ4v) is 4.80. The Labute approximate surface area is 195 Å². The average Bonchev–Trinajstić information content (AvgIpc) is 2.82. The van der Waals surface area contributed by atoms with E-state index in [9.17, 15) is 18.0 Å². The van der Waals surface area contributed by atoms with Crippen LogP contribution in [0.2, 0.25) is 0 Å². The Morgan fingerprint density at radius 1 is 1.09 bits per heavy atom. The molecular formula is C24H31N3O5S. The highest BCUT2D eigenvalue weighted by Crippen LogP contribution is 2.21. The van der Waals surface area contributed by atoms with Gasteiger partial charge in [-0.15, -0.1) is 0 Å². The van der Waals surface area contributed by atoms with E-state index < -0.39 is 10.0 Å². The van der Waals surface area contributed by atoms with E-state index in [1.807, 2.05) is 6.92 Å². The Bertz CT molecular complexity index is 1050. The van der Waals surface area contributed by atoms with Gasteiger partial charge in [-0.3, -0.25) is 14.3 Å². The number of amides is 2. The second-order valence-corrected chi connectivity index (χ2v) is 9.91. The second kappa shape index (κ2) is 11.3. The third kappa shape index (κ3) is 6.79.